The Morgan fingerprint density at radius 1 is 0.806 bits per heavy atom. The van der Waals surface area contributed by atoms with E-state index >= 15 is 0 Å². The van der Waals surface area contributed by atoms with Crippen LogP contribution < -0.4 is 0 Å². The second kappa shape index (κ2) is 8.90. The van der Waals surface area contributed by atoms with E-state index in [1.54, 1.807) is 26.7 Å². The van der Waals surface area contributed by atoms with Crippen LogP contribution in [0.4, 0.5) is 0 Å². The van der Waals surface area contributed by atoms with Gasteiger partial charge >= 0.3 is 11.9 Å². The summed E-state index contributed by atoms with van der Waals surface area (Å²) in [6.45, 7) is 13.2. The summed E-state index contributed by atoms with van der Waals surface area (Å²) in [7, 11) is 0. The van der Waals surface area contributed by atoms with Crippen LogP contribution in [0, 0.1) is 59.2 Å². The quantitative estimate of drug-likeness (QED) is 0.330. The van der Waals surface area contributed by atoms with E-state index in [0.717, 1.165) is 59.7 Å². The zero-order valence-electron chi connectivity index (χ0n) is 20.1. The number of carbonyl (C=O) groups excluding carboxylic acids is 2. The maximum Gasteiger partial charge on any atom is 0.333 e. The van der Waals surface area contributed by atoms with Gasteiger partial charge in [0.25, 0.3) is 0 Å². The molecule has 0 heterocycles. The monoisotopic (exact) mass is 430 g/mol. The smallest absolute Gasteiger partial charge is 0.333 e. The van der Waals surface area contributed by atoms with Crippen LogP contribution in [0.1, 0.15) is 73.1 Å². The largest absolute Gasteiger partial charge is 0.466 e. The summed E-state index contributed by atoms with van der Waals surface area (Å²) in [5.41, 5.74) is 0.561. The molecule has 0 radical (unpaired) electrons. The van der Waals surface area contributed by atoms with Crippen LogP contribution in [0.15, 0.2) is 12.2 Å². The highest BCUT2D eigenvalue weighted by Crippen LogP contribution is 2.76. The van der Waals surface area contributed by atoms with Crippen molar-refractivity contribution in [2.75, 3.05) is 6.61 Å². The minimum atomic E-state index is -0.211. The van der Waals surface area contributed by atoms with Gasteiger partial charge in [-0.25, -0.2) is 4.79 Å². The van der Waals surface area contributed by atoms with Gasteiger partial charge in [0.1, 0.15) is 6.10 Å². The molecule has 0 N–H and O–H groups in total. The van der Waals surface area contributed by atoms with Gasteiger partial charge in [0.05, 0.1) is 6.61 Å². The number of carbonyl (C=O) groups is 2. The number of esters is 2. The molecule has 0 aromatic rings. The maximum absolute atomic E-state index is 12.0. The van der Waals surface area contributed by atoms with E-state index in [-0.39, 0.29) is 18.0 Å². The Labute approximate surface area is 188 Å². The SMILES string of the molecule is C=C(C)C(=O)OC1CC2CC1C1C3CC(C4C5CCC(C5)C34)C21.CC.CCOC(C)=O. The van der Waals surface area contributed by atoms with Gasteiger partial charge in [-0.3, -0.25) is 4.79 Å². The molecule has 174 valence electrons. The summed E-state index contributed by atoms with van der Waals surface area (Å²) in [6.07, 6.45) is 8.87. The molecule has 6 aliphatic carbocycles. The Kier molecular flexibility index (Phi) is 6.57. The van der Waals surface area contributed by atoms with Gasteiger partial charge in [-0.05, 0) is 112 Å². The van der Waals surface area contributed by atoms with Crippen LogP contribution >= 0.6 is 0 Å². The van der Waals surface area contributed by atoms with Crippen LogP contribution in [-0.2, 0) is 19.1 Å². The molecule has 0 saturated heterocycles. The highest BCUT2D eigenvalue weighted by atomic mass is 16.5. The van der Waals surface area contributed by atoms with E-state index in [0.29, 0.717) is 18.1 Å². The third-order valence-electron chi connectivity index (χ3n) is 9.59. The van der Waals surface area contributed by atoms with E-state index in [2.05, 4.69) is 11.3 Å². The second-order valence-electron chi connectivity index (χ2n) is 10.8. The Morgan fingerprint density at radius 2 is 1.39 bits per heavy atom. The van der Waals surface area contributed by atoms with Crippen LogP contribution in [0.3, 0.4) is 0 Å². The third-order valence-corrected chi connectivity index (χ3v) is 9.59. The Morgan fingerprint density at radius 3 is 1.90 bits per heavy atom. The lowest BCUT2D eigenvalue weighted by Crippen LogP contribution is -2.44. The molecule has 6 bridgehead atoms. The van der Waals surface area contributed by atoms with Crippen molar-refractivity contribution in [1.82, 2.24) is 0 Å². The van der Waals surface area contributed by atoms with Gasteiger partial charge in [-0.15, -0.1) is 0 Å². The fourth-order valence-corrected chi connectivity index (χ4v) is 9.31. The summed E-state index contributed by atoms with van der Waals surface area (Å²) in [5.74, 6) is 9.47. The number of hydrogen-bond donors (Lipinski definition) is 0. The van der Waals surface area contributed by atoms with Crippen molar-refractivity contribution in [1.29, 1.82) is 0 Å². The van der Waals surface area contributed by atoms with Crippen LogP contribution in [0.25, 0.3) is 0 Å². The van der Waals surface area contributed by atoms with Crippen molar-refractivity contribution in [2.45, 2.75) is 79.2 Å². The van der Waals surface area contributed by atoms with Crippen molar-refractivity contribution in [3.8, 4) is 0 Å². The molecular weight excluding hydrogens is 388 g/mol. The second-order valence-corrected chi connectivity index (χ2v) is 10.8. The predicted octanol–water partition coefficient (Wildman–Crippen LogP) is 5.65. The van der Waals surface area contributed by atoms with E-state index in [1.165, 1.54) is 26.2 Å². The molecule has 0 spiro atoms. The van der Waals surface area contributed by atoms with Gasteiger partial charge in [0.15, 0.2) is 0 Å². The highest BCUT2D eigenvalue weighted by Gasteiger charge is 2.71. The first-order valence-electron chi connectivity index (χ1n) is 12.9. The van der Waals surface area contributed by atoms with Gasteiger partial charge in [0, 0.05) is 12.5 Å². The van der Waals surface area contributed by atoms with Crippen LogP contribution in [0.5, 0.6) is 0 Å². The van der Waals surface area contributed by atoms with Crippen molar-refractivity contribution >= 4 is 11.9 Å². The molecule has 31 heavy (non-hydrogen) atoms. The molecule has 4 heteroatoms. The summed E-state index contributed by atoms with van der Waals surface area (Å²) in [6, 6.07) is 0. The van der Waals surface area contributed by atoms with Gasteiger partial charge < -0.3 is 9.47 Å². The Balaban J connectivity index is 0.000000254. The Bertz CT molecular complexity index is 714. The molecule has 0 aromatic carbocycles. The number of hydrogen-bond acceptors (Lipinski definition) is 4. The fourth-order valence-electron chi connectivity index (χ4n) is 9.31. The standard InChI is InChI=1S/C21H28O2.C4H8O2.C2H6/c1-9(2)21(22)23-16-7-12-6-13(16)20-15-8-14(19(12)20)17-10-3-4-11(5-10)18(15)17;1-3-6-4(2)5;1-2/h10-20H,1,3-8H2,2H3;3H2,1-2H3;1-2H3. The van der Waals surface area contributed by atoms with Crippen LogP contribution in [-0.4, -0.2) is 24.6 Å². The average Bonchev–Trinajstić information content (AvgIpc) is 3.55. The first-order valence-corrected chi connectivity index (χ1v) is 12.9. The molecule has 6 rings (SSSR count). The molecule has 6 fully saturated rings. The van der Waals surface area contributed by atoms with Gasteiger partial charge in [-0.1, -0.05) is 20.4 Å². The third kappa shape index (κ3) is 3.66. The number of rotatable bonds is 3. The van der Waals surface area contributed by atoms with E-state index in [4.69, 9.17) is 4.74 Å². The highest BCUT2D eigenvalue weighted by molar-refractivity contribution is 5.87. The molecular formula is C27H42O4. The van der Waals surface area contributed by atoms with Gasteiger partial charge in [-0.2, -0.15) is 0 Å². The molecule has 4 nitrogen and oxygen atoms in total. The topological polar surface area (TPSA) is 52.6 Å². The van der Waals surface area contributed by atoms with Crippen molar-refractivity contribution in [3.05, 3.63) is 12.2 Å². The normalized spacial score (nSPS) is 46.3. The molecule has 0 aromatic heterocycles. The first kappa shape index (κ1) is 22.9. The predicted molar refractivity (Wildman–Crippen MR) is 121 cm³/mol. The molecule has 6 aliphatic rings. The zero-order valence-corrected chi connectivity index (χ0v) is 20.1. The Hall–Kier alpha value is -1.32. The lowest BCUT2D eigenvalue weighted by atomic mass is 9.59. The number of ether oxygens (including phenoxy) is 2. The molecule has 11 unspecified atom stereocenters. The summed E-state index contributed by atoms with van der Waals surface area (Å²) in [5, 5.41) is 0. The lowest BCUT2D eigenvalue weighted by molar-refractivity contribution is -0.150. The lowest BCUT2D eigenvalue weighted by Gasteiger charge is -2.46. The van der Waals surface area contributed by atoms with Crippen molar-refractivity contribution < 1.29 is 19.1 Å². The van der Waals surface area contributed by atoms with E-state index < -0.39 is 0 Å². The van der Waals surface area contributed by atoms with Crippen molar-refractivity contribution in [3.63, 3.8) is 0 Å². The fraction of sp³-hybridized carbons (Fsp3) is 0.852. The van der Waals surface area contributed by atoms with E-state index in [1.807, 2.05) is 13.8 Å². The van der Waals surface area contributed by atoms with Crippen LogP contribution in [0.2, 0.25) is 0 Å². The minimum absolute atomic E-state index is 0.153. The molecule has 0 amide bonds. The van der Waals surface area contributed by atoms with E-state index in [9.17, 15) is 9.59 Å². The summed E-state index contributed by atoms with van der Waals surface area (Å²) in [4.78, 5) is 21.8. The maximum atomic E-state index is 12.0. The molecule has 6 saturated carbocycles. The average molecular weight is 431 g/mol. The summed E-state index contributed by atoms with van der Waals surface area (Å²) >= 11 is 0. The molecule has 0 aliphatic heterocycles. The van der Waals surface area contributed by atoms with Crippen molar-refractivity contribution in [2.24, 2.45) is 59.2 Å². The first-order chi connectivity index (χ1) is 14.9. The summed E-state index contributed by atoms with van der Waals surface area (Å²) < 4.78 is 10.3. The molecule has 11 atom stereocenters. The zero-order chi connectivity index (χ0) is 22.4. The van der Waals surface area contributed by atoms with Gasteiger partial charge in [0.2, 0.25) is 0 Å². The minimum Gasteiger partial charge on any atom is -0.466 e. The number of fused-ring (bicyclic) bond motifs is 16.